The van der Waals surface area contributed by atoms with Gasteiger partial charge in [-0.1, -0.05) is 5.16 Å². The minimum atomic E-state index is -0.866. The standard InChI is InChI=1S/C11H17N3O4/c1-7-5-9(3-4-14(7)11(15)16)17-6-10-12-8(2)18-13-10/h7,9H,3-6H2,1-2H3,(H,15,16)/t7-,9-/m0/s1. The first-order chi connectivity index (χ1) is 8.56. The van der Waals surface area contributed by atoms with Crippen molar-refractivity contribution in [1.82, 2.24) is 15.0 Å². The minimum Gasteiger partial charge on any atom is -0.465 e. The molecule has 0 aliphatic carbocycles. The van der Waals surface area contributed by atoms with Crippen molar-refractivity contribution in [3.05, 3.63) is 11.7 Å². The maximum atomic E-state index is 10.9. The molecule has 7 nitrogen and oxygen atoms in total. The lowest BCUT2D eigenvalue weighted by atomic mass is 10.0. The molecule has 0 radical (unpaired) electrons. The Kier molecular flexibility index (Phi) is 3.81. The van der Waals surface area contributed by atoms with Crippen LogP contribution in [-0.4, -0.2) is 44.9 Å². The van der Waals surface area contributed by atoms with Gasteiger partial charge >= 0.3 is 6.09 Å². The van der Waals surface area contributed by atoms with Crippen LogP contribution >= 0.6 is 0 Å². The van der Waals surface area contributed by atoms with Crippen molar-refractivity contribution in [3.63, 3.8) is 0 Å². The van der Waals surface area contributed by atoms with Gasteiger partial charge in [-0.05, 0) is 19.8 Å². The quantitative estimate of drug-likeness (QED) is 0.878. The molecule has 0 spiro atoms. The van der Waals surface area contributed by atoms with Crippen LogP contribution in [0.15, 0.2) is 4.52 Å². The minimum absolute atomic E-state index is 0.0201. The molecule has 0 saturated carbocycles. The van der Waals surface area contributed by atoms with Crippen LogP contribution in [0.2, 0.25) is 0 Å². The molecule has 100 valence electrons. The molecule has 0 bridgehead atoms. The maximum Gasteiger partial charge on any atom is 0.407 e. The van der Waals surface area contributed by atoms with Crippen LogP contribution in [0.4, 0.5) is 4.79 Å². The normalized spacial score (nSPS) is 24.2. The third-order valence-electron chi connectivity index (χ3n) is 3.09. The number of carbonyl (C=O) groups is 1. The predicted octanol–water partition coefficient (Wildman–Crippen LogP) is 1.43. The van der Waals surface area contributed by atoms with Crippen LogP contribution in [0.25, 0.3) is 0 Å². The van der Waals surface area contributed by atoms with Crippen molar-refractivity contribution in [2.24, 2.45) is 0 Å². The number of aromatic nitrogens is 2. The second-order valence-corrected chi connectivity index (χ2v) is 4.51. The van der Waals surface area contributed by atoms with E-state index in [2.05, 4.69) is 10.1 Å². The first kappa shape index (κ1) is 12.8. The fourth-order valence-electron chi connectivity index (χ4n) is 2.16. The molecule has 7 heteroatoms. The van der Waals surface area contributed by atoms with Crippen molar-refractivity contribution < 1.29 is 19.2 Å². The van der Waals surface area contributed by atoms with Crippen molar-refractivity contribution in [3.8, 4) is 0 Å². The van der Waals surface area contributed by atoms with Gasteiger partial charge in [0, 0.05) is 19.5 Å². The summed E-state index contributed by atoms with van der Waals surface area (Å²) in [5.41, 5.74) is 0. The molecule has 2 atom stereocenters. The first-order valence-electron chi connectivity index (χ1n) is 5.96. The van der Waals surface area contributed by atoms with Gasteiger partial charge in [-0.15, -0.1) is 0 Å². The van der Waals surface area contributed by atoms with E-state index in [0.29, 0.717) is 37.7 Å². The molecule has 1 saturated heterocycles. The largest absolute Gasteiger partial charge is 0.465 e. The molecule has 1 fully saturated rings. The van der Waals surface area contributed by atoms with Crippen molar-refractivity contribution >= 4 is 6.09 Å². The summed E-state index contributed by atoms with van der Waals surface area (Å²) in [7, 11) is 0. The number of hydrogen-bond donors (Lipinski definition) is 1. The molecular weight excluding hydrogens is 238 g/mol. The average molecular weight is 255 g/mol. The number of rotatable bonds is 3. The Labute approximate surface area is 105 Å². The van der Waals surface area contributed by atoms with E-state index in [0.717, 1.165) is 0 Å². The van der Waals surface area contributed by atoms with Gasteiger partial charge in [0.05, 0.1) is 6.10 Å². The lowest BCUT2D eigenvalue weighted by Crippen LogP contribution is -2.46. The third-order valence-corrected chi connectivity index (χ3v) is 3.09. The molecule has 18 heavy (non-hydrogen) atoms. The Morgan fingerprint density at radius 3 is 3.00 bits per heavy atom. The van der Waals surface area contributed by atoms with Gasteiger partial charge in [0.15, 0.2) is 5.82 Å². The Hall–Kier alpha value is -1.63. The molecule has 2 rings (SSSR count). The maximum absolute atomic E-state index is 10.9. The van der Waals surface area contributed by atoms with Gasteiger partial charge in [0.2, 0.25) is 5.89 Å². The SMILES string of the molecule is Cc1nc(CO[C@H]2CCN(C(=O)O)[C@@H](C)C2)no1. The molecular formula is C11H17N3O4. The zero-order valence-corrected chi connectivity index (χ0v) is 10.5. The number of ether oxygens (including phenoxy) is 1. The molecule has 1 aliphatic rings. The fourth-order valence-corrected chi connectivity index (χ4v) is 2.16. The highest BCUT2D eigenvalue weighted by Gasteiger charge is 2.29. The van der Waals surface area contributed by atoms with Crippen LogP contribution in [0.1, 0.15) is 31.5 Å². The monoisotopic (exact) mass is 255 g/mol. The van der Waals surface area contributed by atoms with Crippen molar-refractivity contribution in [2.75, 3.05) is 6.54 Å². The fraction of sp³-hybridized carbons (Fsp3) is 0.727. The van der Waals surface area contributed by atoms with E-state index in [9.17, 15) is 4.79 Å². The first-order valence-corrected chi connectivity index (χ1v) is 5.96. The molecule has 0 aromatic carbocycles. The summed E-state index contributed by atoms with van der Waals surface area (Å²) in [6, 6.07) is -0.0201. The van der Waals surface area contributed by atoms with E-state index in [1.54, 1.807) is 6.92 Å². The molecule has 1 aromatic heterocycles. The van der Waals surface area contributed by atoms with Crippen LogP contribution in [0.5, 0.6) is 0 Å². The summed E-state index contributed by atoms with van der Waals surface area (Å²) in [5.74, 6) is 1.04. The summed E-state index contributed by atoms with van der Waals surface area (Å²) in [4.78, 5) is 16.4. The molecule has 1 aromatic rings. The van der Waals surface area contributed by atoms with Crippen molar-refractivity contribution in [2.45, 2.75) is 45.4 Å². The predicted molar refractivity (Wildman–Crippen MR) is 61.0 cm³/mol. The molecule has 0 unspecified atom stereocenters. The van der Waals surface area contributed by atoms with Crippen LogP contribution in [0.3, 0.4) is 0 Å². The Bertz CT molecular complexity index is 420. The second-order valence-electron chi connectivity index (χ2n) is 4.51. The van der Waals surface area contributed by atoms with Crippen molar-refractivity contribution in [1.29, 1.82) is 0 Å². The Balaban J connectivity index is 1.80. The lowest BCUT2D eigenvalue weighted by molar-refractivity contribution is -0.0185. The van der Waals surface area contributed by atoms with Crippen LogP contribution in [-0.2, 0) is 11.3 Å². The van der Waals surface area contributed by atoms with E-state index in [1.165, 1.54) is 4.90 Å². The Morgan fingerprint density at radius 1 is 1.67 bits per heavy atom. The highest BCUT2D eigenvalue weighted by Crippen LogP contribution is 2.20. The number of carboxylic acid groups (broad SMARTS) is 1. The highest BCUT2D eigenvalue weighted by molar-refractivity contribution is 5.65. The third kappa shape index (κ3) is 2.98. The lowest BCUT2D eigenvalue weighted by Gasteiger charge is -2.35. The van der Waals surface area contributed by atoms with E-state index < -0.39 is 6.09 Å². The topological polar surface area (TPSA) is 88.7 Å². The average Bonchev–Trinajstić information content (AvgIpc) is 2.72. The van der Waals surface area contributed by atoms with E-state index in [1.807, 2.05) is 6.92 Å². The zero-order valence-electron chi connectivity index (χ0n) is 10.5. The summed E-state index contributed by atoms with van der Waals surface area (Å²) < 4.78 is 10.5. The van der Waals surface area contributed by atoms with E-state index >= 15 is 0 Å². The van der Waals surface area contributed by atoms with Gasteiger partial charge in [-0.2, -0.15) is 4.98 Å². The smallest absolute Gasteiger partial charge is 0.407 e. The number of aryl methyl sites for hydroxylation is 1. The second kappa shape index (κ2) is 5.34. The summed E-state index contributed by atoms with van der Waals surface area (Å²) >= 11 is 0. The molecule has 2 heterocycles. The van der Waals surface area contributed by atoms with Gasteiger partial charge in [-0.3, -0.25) is 0 Å². The highest BCUT2D eigenvalue weighted by atomic mass is 16.5. The van der Waals surface area contributed by atoms with Gasteiger partial charge < -0.3 is 19.3 Å². The van der Waals surface area contributed by atoms with Gasteiger partial charge in [0.1, 0.15) is 6.61 Å². The summed E-state index contributed by atoms with van der Waals surface area (Å²) in [5, 5.41) is 12.7. The number of likely N-dealkylation sites (tertiary alicyclic amines) is 1. The number of nitrogens with zero attached hydrogens (tertiary/aromatic N) is 3. The van der Waals surface area contributed by atoms with Gasteiger partial charge in [-0.25, -0.2) is 4.79 Å². The number of piperidine rings is 1. The number of amides is 1. The molecule has 1 N–H and O–H groups in total. The Morgan fingerprint density at radius 2 is 2.44 bits per heavy atom. The molecule has 1 aliphatic heterocycles. The zero-order chi connectivity index (χ0) is 13.1. The van der Waals surface area contributed by atoms with Crippen LogP contribution in [0, 0.1) is 6.92 Å². The molecule has 1 amide bonds. The van der Waals surface area contributed by atoms with Gasteiger partial charge in [0.25, 0.3) is 0 Å². The summed E-state index contributed by atoms with van der Waals surface area (Å²) in [6.45, 7) is 4.43. The van der Waals surface area contributed by atoms with Crippen LogP contribution < -0.4 is 0 Å². The van der Waals surface area contributed by atoms with E-state index in [4.69, 9.17) is 14.4 Å². The number of hydrogen-bond acceptors (Lipinski definition) is 5. The van der Waals surface area contributed by atoms with E-state index in [-0.39, 0.29) is 12.1 Å². The summed E-state index contributed by atoms with van der Waals surface area (Å²) in [6.07, 6.45) is 0.584.